The summed E-state index contributed by atoms with van der Waals surface area (Å²) in [6.07, 6.45) is 22.9. The molecule has 0 saturated heterocycles. The van der Waals surface area contributed by atoms with Gasteiger partial charge in [-0.3, -0.25) is 0 Å². The minimum atomic E-state index is 0.846. The van der Waals surface area contributed by atoms with E-state index in [1.807, 2.05) is 0 Å². The van der Waals surface area contributed by atoms with E-state index in [4.69, 9.17) is 0 Å². The van der Waals surface area contributed by atoms with E-state index in [2.05, 4.69) is 52.8 Å². The van der Waals surface area contributed by atoms with E-state index < -0.39 is 0 Å². The zero-order valence-electron chi connectivity index (χ0n) is 21.3. The van der Waals surface area contributed by atoms with Crippen molar-refractivity contribution in [3.8, 4) is 0 Å². The van der Waals surface area contributed by atoms with Gasteiger partial charge in [0.05, 0.1) is 0 Å². The first-order chi connectivity index (χ1) is 14.7. The van der Waals surface area contributed by atoms with Crippen LogP contribution in [0, 0.1) is 17.9 Å². The van der Waals surface area contributed by atoms with E-state index in [9.17, 15) is 0 Å². The molecule has 1 rings (SSSR count). The highest BCUT2D eigenvalue weighted by Crippen LogP contribution is 2.28. The van der Waals surface area contributed by atoms with E-state index >= 15 is 0 Å². The molecule has 0 N–H and O–H groups in total. The van der Waals surface area contributed by atoms with Crippen molar-refractivity contribution in [3.05, 3.63) is 34.9 Å². The van der Waals surface area contributed by atoms with Gasteiger partial charge >= 0.3 is 0 Å². The number of hydrogen-bond acceptors (Lipinski definition) is 0. The number of unbranched alkanes of at least 4 members (excludes halogenated alkanes) is 7. The molecular weight excluding hydrogens is 360 g/mol. The fraction of sp³-hybridized carbons (Fsp3) is 0.800. The van der Waals surface area contributed by atoms with Gasteiger partial charge in [-0.2, -0.15) is 0 Å². The summed E-state index contributed by atoms with van der Waals surface area (Å²) in [6, 6.07) is 8.36. The SMILES string of the molecule is CCCCCCCCc1[c]ccc(CC(CC)CCCC)c1CC(CC)CCCC. The van der Waals surface area contributed by atoms with E-state index in [0.29, 0.717) is 0 Å². The lowest BCUT2D eigenvalue weighted by Gasteiger charge is -2.23. The quantitative estimate of drug-likeness (QED) is 0.198. The van der Waals surface area contributed by atoms with Gasteiger partial charge in [0.1, 0.15) is 0 Å². The van der Waals surface area contributed by atoms with Crippen LogP contribution in [0.25, 0.3) is 0 Å². The summed E-state index contributed by atoms with van der Waals surface area (Å²) in [5.41, 5.74) is 4.92. The molecule has 0 saturated carbocycles. The zero-order chi connectivity index (χ0) is 22.0. The van der Waals surface area contributed by atoms with Gasteiger partial charge in [0.2, 0.25) is 0 Å². The van der Waals surface area contributed by atoms with Crippen LogP contribution in [0.4, 0.5) is 0 Å². The highest BCUT2D eigenvalue weighted by atomic mass is 14.2. The summed E-state index contributed by atoms with van der Waals surface area (Å²) in [7, 11) is 0. The van der Waals surface area contributed by atoms with Crippen LogP contribution in [0.2, 0.25) is 0 Å². The first-order valence-corrected chi connectivity index (χ1v) is 13.7. The lowest BCUT2D eigenvalue weighted by atomic mass is 9.82. The largest absolute Gasteiger partial charge is 0.0654 e. The van der Waals surface area contributed by atoms with Crippen LogP contribution in [0.15, 0.2) is 12.1 Å². The second kappa shape index (κ2) is 17.9. The molecule has 2 atom stereocenters. The number of benzene rings is 1. The average molecular weight is 414 g/mol. The average Bonchev–Trinajstić information content (AvgIpc) is 2.77. The van der Waals surface area contributed by atoms with Crippen molar-refractivity contribution < 1.29 is 0 Å². The first-order valence-electron chi connectivity index (χ1n) is 13.7. The summed E-state index contributed by atoms with van der Waals surface area (Å²) in [5.74, 6) is 1.70. The standard InChI is InChI=1S/C30H53/c1-6-11-14-15-16-17-21-28-22-18-23-29(24-26(9-4)19-12-7-2)30(28)25-27(10-5)20-13-8-3/h18,23,26-27H,6-17,19-21,24-25H2,1-5H3. The minimum absolute atomic E-state index is 0.846. The molecule has 0 amide bonds. The van der Waals surface area contributed by atoms with Gasteiger partial charge in [0.25, 0.3) is 0 Å². The van der Waals surface area contributed by atoms with E-state index in [0.717, 1.165) is 11.8 Å². The van der Waals surface area contributed by atoms with Crippen molar-refractivity contribution in [2.75, 3.05) is 0 Å². The van der Waals surface area contributed by atoms with Crippen LogP contribution in [-0.4, -0.2) is 0 Å². The summed E-state index contributed by atoms with van der Waals surface area (Å²) >= 11 is 0. The molecule has 0 aliphatic heterocycles. The molecule has 0 nitrogen and oxygen atoms in total. The Labute approximate surface area is 190 Å². The molecule has 0 aromatic heterocycles. The zero-order valence-corrected chi connectivity index (χ0v) is 21.3. The molecule has 0 spiro atoms. The molecule has 0 aliphatic rings. The van der Waals surface area contributed by atoms with Crippen molar-refractivity contribution in [1.82, 2.24) is 0 Å². The Bertz CT molecular complexity index is 515. The Balaban J connectivity index is 2.92. The highest BCUT2D eigenvalue weighted by molar-refractivity contribution is 5.35. The van der Waals surface area contributed by atoms with Gasteiger partial charge in [0.15, 0.2) is 0 Å². The molecule has 0 bridgehead atoms. The highest BCUT2D eigenvalue weighted by Gasteiger charge is 2.17. The van der Waals surface area contributed by atoms with Crippen LogP contribution in [0.3, 0.4) is 0 Å². The Hall–Kier alpha value is -0.780. The van der Waals surface area contributed by atoms with E-state index in [-0.39, 0.29) is 0 Å². The molecule has 0 aliphatic carbocycles. The van der Waals surface area contributed by atoms with Crippen molar-refractivity contribution in [3.63, 3.8) is 0 Å². The third kappa shape index (κ3) is 11.0. The number of hydrogen-bond donors (Lipinski definition) is 0. The number of rotatable bonds is 19. The predicted octanol–water partition coefficient (Wildman–Crippen LogP) is 9.91. The molecule has 1 aromatic carbocycles. The fourth-order valence-electron chi connectivity index (χ4n) is 4.86. The Morgan fingerprint density at radius 1 is 0.667 bits per heavy atom. The summed E-state index contributed by atoms with van der Waals surface area (Å²) in [4.78, 5) is 0. The molecular formula is C30H53. The van der Waals surface area contributed by atoms with Gasteiger partial charge in [-0.15, -0.1) is 0 Å². The third-order valence-corrected chi connectivity index (χ3v) is 7.16. The molecule has 1 radical (unpaired) electrons. The third-order valence-electron chi connectivity index (χ3n) is 7.16. The molecule has 0 heteroatoms. The van der Waals surface area contributed by atoms with Gasteiger partial charge in [-0.1, -0.05) is 130 Å². The maximum Gasteiger partial charge on any atom is -0.0146 e. The van der Waals surface area contributed by atoms with Crippen LogP contribution in [0.5, 0.6) is 0 Å². The van der Waals surface area contributed by atoms with Crippen molar-refractivity contribution in [2.24, 2.45) is 11.8 Å². The molecule has 1 aromatic rings. The summed E-state index contributed by atoms with van der Waals surface area (Å²) in [6.45, 7) is 11.8. The Kier molecular flexibility index (Phi) is 16.2. The topological polar surface area (TPSA) is 0 Å². The van der Waals surface area contributed by atoms with Gasteiger partial charge in [-0.05, 0) is 60.3 Å². The monoisotopic (exact) mass is 413 g/mol. The number of aryl methyl sites for hydroxylation is 1. The smallest absolute Gasteiger partial charge is 0.0146 e. The second-order valence-electron chi connectivity index (χ2n) is 9.72. The molecule has 0 heterocycles. The van der Waals surface area contributed by atoms with E-state index in [1.165, 1.54) is 109 Å². The van der Waals surface area contributed by atoms with Crippen molar-refractivity contribution in [1.29, 1.82) is 0 Å². The summed E-state index contributed by atoms with van der Waals surface area (Å²) in [5, 5.41) is 0. The van der Waals surface area contributed by atoms with Crippen molar-refractivity contribution >= 4 is 0 Å². The Morgan fingerprint density at radius 2 is 1.23 bits per heavy atom. The minimum Gasteiger partial charge on any atom is -0.0654 e. The molecule has 0 fully saturated rings. The van der Waals surface area contributed by atoms with Gasteiger partial charge in [0, 0.05) is 0 Å². The van der Waals surface area contributed by atoms with E-state index in [1.54, 1.807) is 16.7 Å². The fourth-order valence-corrected chi connectivity index (χ4v) is 4.86. The normalized spacial score (nSPS) is 13.5. The lowest BCUT2D eigenvalue weighted by Crippen LogP contribution is -2.12. The van der Waals surface area contributed by atoms with Gasteiger partial charge < -0.3 is 0 Å². The molecule has 30 heavy (non-hydrogen) atoms. The predicted molar refractivity (Wildman–Crippen MR) is 136 cm³/mol. The van der Waals surface area contributed by atoms with Crippen LogP contribution >= 0.6 is 0 Å². The second-order valence-corrected chi connectivity index (χ2v) is 9.72. The maximum absolute atomic E-state index is 3.70. The van der Waals surface area contributed by atoms with Crippen LogP contribution < -0.4 is 0 Å². The first kappa shape index (κ1) is 27.3. The molecule has 173 valence electrons. The maximum atomic E-state index is 3.70. The molecule has 2 unspecified atom stereocenters. The Morgan fingerprint density at radius 3 is 1.83 bits per heavy atom. The van der Waals surface area contributed by atoms with Crippen molar-refractivity contribution in [2.45, 2.75) is 144 Å². The van der Waals surface area contributed by atoms with Gasteiger partial charge in [-0.25, -0.2) is 0 Å². The van der Waals surface area contributed by atoms with Crippen LogP contribution in [0.1, 0.15) is 141 Å². The van der Waals surface area contributed by atoms with Crippen LogP contribution in [-0.2, 0) is 19.3 Å². The lowest BCUT2D eigenvalue weighted by molar-refractivity contribution is 0.433. The summed E-state index contributed by atoms with van der Waals surface area (Å²) < 4.78 is 0.